The minimum Gasteiger partial charge on any atom is -0.354 e. The number of hydrogen-bond donors (Lipinski definition) is 3. The van der Waals surface area contributed by atoms with Gasteiger partial charge in [-0.2, -0.15) is 0 Å². The van der Waals surface area contributed by atoms with Gasteiger partial charge >= 0.3 is 0 Å². The van der Waals surface area contributed by atoms with Gasteiger partial charge in [0.2, 0.25) is 0 Å². The lowest BCUT2D eigenvalue weighted by atomic mass is 10.1. The van der Waals surface area contributed by atoms with Crippen LogP contribution >= 0.6 is 0 Å². The molecule has 0 saturated heterocycles. The molecule has 0 fully saturated rings. The molecule has 3 N–H and O–H groups in total. The van der Waals surface area contributed by atoms with E-state index in [0.717, 1.165) is 17.9 Å². The van der Waals surface area contributed by atoms with Crippen LogP contribution in [0.2, 0.25) is 0 Å². The summed E-state index contributed by atoms with van der Waals surface area (Å²) in [7, 11) is 1.76. The lowest BCUT2D eigenvalue weighted by Gasteiger charge is -2.16. The second kappa shape index (κ2) is 9.00. The molecule has 1 aromatic carbocycles. The van der Waals surface area contributed by atoms with Crippen molar-refractivity contribution in [1.29, 1.82) is 0 Å². The third kappa shape index (κ3) is 5.85. The van der Waals surface area contributed by atoms with Crippen LogP contribution in [0, 0.1) is 0 Å². The molecule has 0 aliphatic rings. The lowest BCUT2D eigenvalue weighted by molar-refractivity contribution is 0.0956. The lowest BCUT2D eigenvalue weighted by Crippen LogP contribution is -2.41. The molecule has 116 valence electrons. The van der Waals surface area contributed by atoms with Crippen LogP contribution in [0.25, 0.3) is 0 Å². The van der Waals surface area contributed by atoms with E-state index < -0.39 is 0 Å². The first-order chi connectivity index (χ1) is 10.1. The molecular weight excluding hydrogens is 264 g/mol. The van der Waals surface area contributed by atoms with Crippen LogP contribution in [-0.4, -0.2) is 31.5 Å². The van der Waals surface area contributed by atoms with Crippen molar-refractivity contribution in [3.63, 3.8) is 0 Å². The molecule has 1 aromatic rings. The Labute approximate surface area is 127 Å². The number of amides is 1. The Morgan fingerprint density at radius 3 is 2.38 bits per heavy atom. The van der Waals surface area contributed by atoms with Crippen LogP contribution in [0.1, 0.15) is 43.1 Å². The molecule has 1 atom stereocenters. The molecule has 0 bridgehead atoms. The molecule has 0 radical (unpaired) electrons. The smallest absolute Gasteiger partial charge is 0.251 e. The maximum Gasteiger partial charge on any atom is 0.251 e. The number of rotatable bonds is 6. The summed E-state index contributed by atoms with van der Waals surface area (Å²) >= 11 is 0. The van der Waals surface area contributed by atoms with Crippen molar-refractivity contribution in [1.82, 2.24) is 16.0 Å². The summed E-state index contributed by atoms with van der Waals surface area (Å²) in [5, 5.41) is 9.36. The summed E-state index contributed by atoms with van der Waals surface area (Å²) in [4.78, 5) is 15.9. The summed E-state index contributed by atoms with van der Waals surface area (Å²) in [6.07, 6.45) is 1.04. The summed E-state index contributed by atoms with van der Waals surface area (Å²) < 4.78 is 0. The Balaban J connectivity index is 2.54. The van der Waals surface area contributed by atoms with Crippen molar-refractivity contribution in [2.24, 2.45) is 4.99 Å². The summed E-state index contributed by atoms with van der Waals surface area (Å²) in [6.45, 7) is 7.47. The van der Waals surface area contributed by atoms with Crippen LogP contribution in [-0.2, 0) is 6.54 Å². The minimum absolute atomic E-state index is 0.0359. The van der Waals surface area contributed by atoms with E-state index in [0.29, 0.717) is 24.7 Å². The molecular formula is C16H26N4O. The molecule has 0 aromatic heterocycles. The highest BCUT2D eigenvalue weighted by Crippen LogP contribution is 2.04. The van der Waals surface area contributed by atoms with E-state index in [9.17, 15) is 4.79 Å². The third-order valence-corrected chi connectivity index (χ3v) is 3.23. The molecule has 0 heterocycles. The number of nitrogens with zero attached hydrogens (tertiary/aromatic N) is 1. The first-order valence-electron chi connectivity index (χ1n) is 7.45. The summed E-state index contributed by atoms with van der Waals surface area (Å²) in [6, 6.07) is 7.97. The SMILES string of the molecule is CCNC(=O)c1ccc(CNC(=NC)NC(C)CC)cc1. The second-order valence-electron chi connectivity index (χ2n) is 4.94. The van der Waals surface area contributed by atoms with E-state index in [1.165, 1.54) is 0 Å². The van der Waals surface area contributed by atoms with Gasteiger partial charge < -0.3 is 16.0 Å². The first kappa shape index (κ1) is 17.0. The van der Waals surface area contributed by atoms with Crippen LogP contribution in [0.5, 0.6) is 0 Å². The Morgan fingerprint density at radius 1 is 1.19 bits per heavy atom. The number of hydrogen-bond acceptors (Lipinski definition) is 2. The Morgan fingerprint density at radius 2 is 1.86 bits per heavy atom. The average Bonchev–Trinajstić information content (AvgIpc) is 2.51. The van der Waals surface area contributed by atoms with Gasteiger partial charge in [0.05, 0.1) is 0 Å². The first-order valence-corrected chi connectivity index (χ1v) is 7.45. The van der Waals surface area contributed by atoms with Gasteiger partial charge in [-0.15, -0.1) is 0 Å². The highest BCUT2D eigenvalue weighted by atomic mass is 16.1. The van der Waals surface area contributed by atoms with Crippen LogP contribution in [0.4, 0.5) is 0 Å². The number of guanidine groups is 1. The predicted molar refractivity (Wildman–Crippen MR) is 87.5 cm³/mol. The number of carbonyl (C=O) groups excluding carboxylic acids is 1. The fourth-order valence-electron chi connectivity index (χ4n) is 1.75. The zero-order chi connectivity index (χ0) is 15.7. The van der Waals surface area contributed by atoms with Crippen molar-refractivity contribution >= 4 is 11.9 Å². The van der Waals surface area contributed by atoms with Gasteiger partial charge in [0.25, 0.3) is 5.91 Å². The average molecular weight is 290 g/mol. The van der Waals surface area contributed by atoms with Gasteiger partial charge in [0.15, 0.2) is 5.96 Å². The van der Waals surface area contributed by atoms with Gasteiger partial charge in [-0.1, -0.05) is 19.1 Å². The Hall–Kier alpha value is -2.04. The second-order valence-corrected chi connectivity index (χ2v) is 4.94. The van der Waals surface area contributed by atoms with Crippen molar-refractivity contribution in [2.75, 3.05) is 13.6 Å². The molecule has 1 unspecified atom stereocenters. The maximum absolute atomic E-state index is 11.7. The topological polar surface area (TPSA) is 65.5 Å². The zero-order valence-electron chi connectivity index (χ0n) is 13.4. The van der Waals surface area contributed by atoms with Gasteiger partial charge in [-0.25, -0.2) is 0 Å². The van der Waals surface area contributed by atoms with E-state index in [-0.39, 0.29) is 5.91 Å². The fraction of sp³-hybridized carbons (Fsp3) is 0.500. The van der Waals surface area contributed by atoms with Gasteiger partial charge in [0, 0.05) is 31.7 Å². The molecule has 21 heavy (non-hydrogen) atoms. The van der Waals surface area contributed by atoms with E-state index in [2.05, 4.69) is 34.8 Å². The van der Waals surface area contributed by atoms with Crippen LogP contribution in [0.15, 0.2) is 29.3 Å². The van der Waals surface area contributed by atoms with E-state index in [4.69, 9.17) is 0 Å². The Kier molecular flexibility index (Phi) is 7.29. The molecule has 5 nitrogen and oxygen atoms in total. The third-order valence-electron chi connectivity index (χ3n) is 3.23. The van der Waals surface area contributed by atoms with Crippen molar-refractivity contribution < 1.29 is 4.79 Å². The van der Waals surface area contributed by atoms with E-state index >= 15 is 0 Å². The highest BCUT2D eigenvalue weighted by molar-refractivity contribution is 5.94. The largest absolute Gasteiger partial charge is 0.354 e. The van der Waals surface area contributed by atoms with Crippen LogP contribution in [0.3, 0.4) is 0 Å². The highest BCUT2D eigenvalue weighted by Gasteiger charge is 2.05. The fourth-order valence-corrected chi connectivity index (χ4v) is 1.75. The minimum atomic E-state index is -0.0359. The van der Waals surface area contributed by atoms with Crippen LogP contribution < -0.4 is 16.0 Å². The molecule has 0 aliphatic heterocycles. The molecule has 0 spiro atoms. The quantitative estimate of drug-likeness (QED) is 0.554. The molecule has 5 heteroatoms. The number of nitrogens with one attached hydrogen (secondary N) is 3. The van der Waals surface area contributed by atoms with Crippen molar-refractivity contribution in [2.45, 2.75) is 39.8 Å². The van der Waals surface area contributed by atoms with Crippen molar-refractivity contribution in [3.8, 4) is 0 Å². The molecule has 0 aliphatic carbocycles. The maximum atomic E-state index is 11.7. The normalized spacial score (nSPS) is 12.7. The number of aliphatic imine (C=N–C) groups is 1. The monoisotopic (exact) mass is 290 g/mol. The van der Waals surface area contributed by atoms with E-state index in [1.807, 2.05) is 31.2 Å². The van der Waals surface area contributed by atoms with Gasteiger partial charge in [-0.05, 0) is 38.0 Å². The molecule has 0 saturated carbocycles. The zero-order valence-corrected chi connectivity index (χ0v) is 13.4. The van der Waals surface area contributed by atoms with Gasteiger partial charge in [0.1, 0.15) is 0 Å². The van der Waals surface area contributed by atoms with E-state index in [1.54, 1.807) is 7.05 Å². The number of carbonyl (C=O) groups is 1. The van der Waals surface area contributed by atoms with Crippen molar-refractivity contribution in [3.05, 3.63) is 35.4 Å². The summed E-state index contributed by atoms with van der Waals surface area (Å²) in [5.74, 6) is 0.753. The Bertz CT molecular complexity index is 468. The predicted octanol–water partition coefficient (Wildman–Crippen LogP) is 1.90. The summed E-state index contributed by atoms with van der Waals surface area (Å²) in [5.41, 5.74) is 1.79. The molecule has 1 rings (SSSR count). The standard InChI is InChI=1S/C16H26N4O/c1-5-12(3)20-16(17-4)19-11-13-7-9-14(10-8-13)15(21)18-6-2/h7-10,12H,5-6,11H2,1-4H3,(H,18,21)(H2,17,19,20). The van der Waals surface area contributed by atoms with Gasteiger partial charge in [-0.3, -0.25) is 9.79 Å². The molecule has 1 amide bonds. The number of benzene rings is 1.